The van der Waals surface area contributed by atoms with Gasteiger partial charge in [0.05, 0.1) is 23.9 Å². The van der Waals surface area contributed by atoms with Crippen LogP contribution in [0.15, 0.2) is 46.3 Å². The number of anilines is 1. The number of hydrogen-bond acceptors (Lipinski definition) is 7. The molecular formula is C27H30ClN4O5S+. The van der Waals surface area contributed by atoms with E-state index in [4.69, 9.17) is 26.2 Å². The van der Waals surface area contributed by atoms with Crippen LogP contribution in [0.4, 0.5) is 5.69 Å². The lowest BCUT2D eigenvalue weighted by molar-refractivity contribution is -0.763. The van der Waals surface area contributed by atoms with Gasteiger partial charge in [-0.2, -0.15) is 0 Å². The number of para-hydroxylation sites is 1. The van der Waals surface area contributed by atoms with Crippen LogP contribution in [0.3, 0.4) is 0 Å². The molecule has 0 aliphatic carbocycles. The Kier molecular flexibility index (Phi) is 8.73. The molecule has 0 saturated carbocycles. The SMILES string of the molecule is CCCCSc1n[n+]2c(c(=O)[nH]1)-c1ccccc1N(C(=O)CC)C2c1cc(Cl)cc(OC)c1OC(=O)CC. The van der Waals surface area contributed by atoms with Crippen molar-refractivity contribution in [3.05, 3.63) is 57.3 Å². The molecule has 1 unspecified atom stereocenters. The first-order chi connectivity index (χ1) is 18.3. The van der Waals surface area contributed by atoms with Crippen LogP contribution in [0.5, 0.6) is 11.5 Å². The summed E-state index contributed by atoms with van der Waals surface area (Å²) in [6.45, 7) is 5.53. The first kappa shape index (κ1) is 27.7. The highest BCUT2D eigenvalue weighted by Crippen LogP contribution is 2.44. The zero-order valence-electron chi connectivity index (χ0n) is 21.7. The van der Waals surface area contributed by atoms with Gasteiger partial charge in [-0.05, 0) is 29.3 Å². The number of aromatic nitrogens is 3. The summed E-state index contributed by atoms with van der Waals surface area (Å²) < 4.78 is 12.8. The van der Waals surface area contributed by atoms with Gasteiger partial charge in [-0.25, -0.2) is 4.90 Å². The Morgan fingerprint density at radius 1 is 1.18 bits per heavy atom. The number of ether oxygens (including phenoxy) is 2. The summed E-state index contributed by atoms with van der Waals surface area (Å²) in [5, 5.41) is 5.53. The van der Waals surface area contributed by atoms with E-state index in [1.807, 2.05) is 0 Å². The number of unbranched alkanes of at least 4 members (excludes halogenated alkanes) is 1. The van der Waals surface area contributed by atoms with Gasteiger partial charge >= 0.3 is 17.2 Å². The van der Waals surface area contributed by atoms with Crippen molar-refractivity contribution in [2.45, 2.75) is 57.8 Å². The van der Waals surface area contributed by atoms with Crippen molar-refractivity contribution in [2.24, 2.45) is 0 Å². The van der Waals surface area contributed by atoms with Crippen molar-refractivity contribution < 1.29 is 23.7 Å². The van der Waals surface area contributed by atoms with E-state index < -0.39 is 12.1 Å². The largest absolute Gasteiger partial charge is 0.493 e. The zero-order valence-corrected chi connectivity index (χ0v) is 23.3. The van der Waals surface area contributed by atoms with E-state index in [0.717, 1.165) is 18.6 Å². The van der Waals surface area contributed by atoms with Crippen molar-refractivity contribution in [3.8, 4) is 22.8 Å². The first-order valence-corrected chi connectivity index (χ1v) is 13.9. The first-order valence-electron chi connectivity index (χ1n) is 12.5. The van der Waals surface area contributed by atoms with Crippen LogP contribution in [0, 0.1) is 0 Å². The summed E-state index contributed by atoms with van der Waals surface area (Å²) in [5.74, 6) is 0.400. The van der Waals surface area contributed by atoms with Crippen molar-refractivity contribution in [3.63, 3.8) is 0 Å². The molecule has 38 heavy (non-hydrogen) atoms. The number of carbonyl (C=O) groups is 2. The Morgan fingerprint density at radius 3 is 2.63 bits per heavy atom. The number of H-pyrrole nitrogens is 1. The number of aromatic amines is 1. The van der Waals surface area contributed by atoms with Gasteiger partial charge in [0.15, 0.2) is 11.5 Å². The molecule has 0 bridgehead atoms. The van der Waals surface area contributed by atoms with E-state index in [2.05, 4.69) is 11.9 Å². The van der Waals surface area contributed by atoms with Crippen molar-refractivity contribution in [1.82, 2.24) is 10.1 Å². The summed E-state index contributed by atoms with van der Waals surface area (Å²) >= 11 is 7.93. The van der Waals surface area contributed by atoms with Gasteiger partial charge in [-0.15, -0.1) is 0 Å². The lowest BCUT2D eigenvalue weighted by Gasteiger charge is -2.32. The number of nitrogens with one attached hydrogen (secondary N) is 1. The maximum atomic E-state index is 13.6. The smallest absolute Gasteiger partial charge is 0.325 e. The number of hydrogen-bond donors (Lipinski definition) is 1. The van der Waals surface area contributed by atoms with Crippen LogP contribution in [-0.2, 0) is 9.59 Å². The maximum Gasteiger partial charge on any atom is 0.325 e. The summed E-state index contributed by atoms with van der Waals surface area (Å²) in [6.07, 6.45) is 1.27. The molecule has 0 spiro atoms. The molecule has 1 aliphatic rings. The summed E-state index contributed by atoms with van der Waals surface area (Å²) in [6, 6.07) is 10.3. The van der Waals surface area contributed by atoms with Gasteiger partial charge in [-0.3, -0.25) is 19.4 Å². The fourth-order valence-corrected chi connectivity index (χ4v) is 5.45. The average Bonchev–Trinajstić information content (AvgIpc) is 2.92. The van der Waals surface area contributed by atoms with E-state index in [1.165, 1.54) is 29.6 Å². The maximum absolute atomic E-state index is 13.6. The number of amides is 1. The normalized spacial score (nSPS) is 14.0. The second-order valence-corrected chi connectivity index (χ2v) is 10.1. The van der Waals surface area contributed by atoms with E-state index in [0.29, 0.717) is 27.0 Å². The number of benzene rings is 2. The van der Waals surface area contributed by atoms with Crippen LogP contribution >= 0.6 is 23.4 Å². The van der Waals surface area contributed by atoms with E-state index >= 15 is 0 Å². The second-order valence-electron chi connectivity index (χ2n) is 8.62. The number of fused-ring (bicyclic) bond motifs is 3. The van der Waals surface area contributed by atoms with Gasteiger partial charge in [-0.1, -0.05) is 62.7 Å². The average molecular weight is 558 g/mol. The van der Waals surface area contributed by atoms with Crippen LogP contribution in [0.25, 0.3) is 11.3 Å². The standard InChI is InChI=1S/C27H29ClN4O5S/c1-5-8-13-38-27-29-25(35)23-17-11-9-10-12-19(17)31(21(33)6-2)26(32(23)30-27)18-14-16(28)15-20(36-4)24(18)37-22(34)7-3/h9-12,14-15,26H,5-8,13H2,1-4H3/p+1. The molecule has 0 saturated heterocycles. The minimum absolute atomic E-state index is 0.114. The molecular weight excluding hydrogens is 528 g/mol. The fraction of sp³-hybridized carbons (Fsp3) is 0.370. The second kappa shape index (κ2) is 12.0. The fourth-order valence-electron chi connectivity index (χ4n) is 4.30. The van der Waals surface area contributed by atoms with E-state index in [-0.39, 0.29) is 41.5 Å². The third-order valence-corrected chi connectivity index (χ3v) is 7.29. The zero-order chi connectivity index (χ0) is 27.4. The molecule has 1 N–H and O–H groups in total. The lowest BCUT2D eigenvalue weighted by Crippen LogP contribution is -2.61. The number of nitrogens with zero attached hydrogens (tertiary/aromatic N) is 3. The van der Waals surface area contributed by atoms with Gasteiger partial charge < -0.3 is 9.47 Å². The molecule has 1 amide bonds. The highest BCUT2D eigenvalue weighted by atomic mass is 35.5. The quantitative estimate of drug-likeness (QED) is 0.131. The van der Waals surface area contributed by atoms with E-state index in [1.54, 1.807) is 49.1 Å². The molecule has 0 radical (unpaired) electrons. The van der Waals surface area contributed by atoms with Crippen LogP contribution in [-0.4, -0.2) is 34.8 Å². The summed E-state index contributed by atoms with van der Waals surface area (Å²) in [7, 11) is 1.44. The van der Waals surface area contributed by atoms with Crippen LogP contribution in [0.1, 0.15) is 58.2 Å². The predicted octanol–water partition coefficient (Wildman–Crippen LogP) is 4.90. The third-order valence-electron chi connectivity index (χ3n) is 6.12. The minimum Gasteiger partial charge on any atom is -0.493 e. The number of carbonyl (C=O) groups excluding carboxylic acids is 2. The molecule has 2 aromatic carbocycles. The monoisotopic (exact) mass is 557 g/mol. The Hall–Kier alpha value is -3.37. The molecule has 9 nitrogen and oxygen atoms in total. The molecule has 4 rings (SSSR count). The Morgan fingerprint density at radius 2 is 1.95 bits per heavy atom. The van der Waals surface area contributed by atoms with Crippen LogP contribution in [0.2, 0.25) is 5.02 Å². The molecule has 1 aromatic heterocycles. The number of rotatable bonds is 9. The lowest BCUT2D eigenvalue weighted by atomic mass is 10.00. The predicted molar refractivity (Wildman–Crippen MR) is 146 cm³/mol. The molecule has 1 atom stereocenters. The number of methoxy groups -OCH3 is 1. The molecule has 2 heterocycles. The van der Waals surface area contributed by atoms with Crippen molar-refractivity contribution in [2.75, 3.05) is 17.8 Å². The van der Waals surface area contributed by atoms with Crippen molar-refractivity contribution >= 4 is 40.9 Å². The van der Waals surface area contributed by atoms with Gasteiger partial charge in [0.25, 0.3) is 6.17 Å². The number of thioether (sulfide) groups is 1. The summed E-state index contributed by atoms with van der Waals surface area (Å²) in [5.41, 5.74) is 1.39. The topological polar surface area (TPSA) is 105 Å². The highest BCUT2D eigenvalue weighted by molar-refractivity contribution is 7.99. The molecule has 0 fully saturated rings. The molecule has 3 aromatic rings. The van der Waals surface area contributed by atoms with E-state index in [9.17, 15) is 14.4 Å². The molecule has 1 aliphatic heterocycles. The number of esters is 1. The molecule has 200 valence electrons. The van der Waals surface area contributed by atoms with Gasteiger partial charge in [0.2, 0.25) is 11.1 Å². The molecule has 11 heteroatoms. The highest BCUT2D eigenvalue weighted by Gasteiger charge is 2.47. The van der Waals surface area contributed by atoms with Crippen molar-refractivity contribution in [1.29, 1.82) is 0 Å². The van der Waals surface area contributed by atoms with Gasteiger partial charge in [0, 0.05) is 34.8 Å². The number of halogens is 1. The Balaban J connectivity index is 2.07. The van der Waals surface area contributed by atoms with Crippen LogP contribution < -0.4 is 24.6 Å². The third kappa shape index (κ3) is 5.28. The summed E-state index contributed by atoms with van der Waals surface area (Å²) in [4.78, 5) is 44.0. The minimum atomic E-state index is -0.979. The Labute approximate surface area is 230 Å². The van der Waals surface area contributed by atoms with Gasteiger partial charge in [0.1, 0.15) is 0 Å². The Bertz CT molecular complexity index is 1430.